The molecule has 0 aliphatic rings. The van der Waals surface area contributed by atoms with E-state index >= 15 is 0 Å². The fraction of sp³-hybridized carbons (Fsp3) is 0.222. The van der Waals surface area contributed by atoms with Crippen molar-refractivity contribution in [2.24, 2.45) is 7.05 Å². The molecule has 0 saturated heterocycles. The molecule has 4 heterocycles. The molecule has 1 amide bonds. The van der Waals surface area contributed by atoms with Crippen molar-refractivity contribution < 1.29 is 4.79 Å². The normalized spacial score (nSPS) is 11.2. The number of aromatic nitrogens is 5. The van der Waals surface area contributed by atoms with Crippen LogP contribution >= 0.6 is 0 Å². The summed E-state index contributed by atoms with van der Waals surface area (Å²) in [6, 6.07) is 7.82. The van der Waals surface area contributed by atoms with Gasteiger partial charge in [-0.1, -0.05) is 6.07 Å². The van der Waals surface area contributed by atoms with Gasteiger partial charge < -0.3 is 19.7 Å². The van der Waals surface area contributed by atoms with Gasteiger partial charge in [0.05, 0.1) is 35.5 Å². The third kappa shape index (κ3) is 3.01. The lowest BCUT2D eigenvalue weighted by molar-refractivity contribution is -0.119. The summed E-state index contributed by atoms with van der Waals surface area (Å²) < 4.78 is 2.00. The number of hydrogen-bond donors (Lipinski definition) is 2. The molecule has 0 saturated carbocycles. The number of anilines is 1. The van der Waals surface area contributed by atoms with Crippen LogP contribution in [0.2, 0.25) is 0 Å². The van der Waals surface area contributed by atoms with E-state index in [-0.39, 0.29) is 5.91 Å². The lowest BCUT2D eigenvalue weighted by Crippen LogP contribution is -2.19. The van der Waals surface area contributed by atoms with Gasteiger partial charge in [-0.15, -0.1) is 0 Å². The Labute approximate surface area is 157 Å². The molecule has 0 unspecified atom stereocenters. The van der Waals surface area contributed by atoms with Gasteiger partial charge in [-0.25, -0.2) is 15.0 Å². The van der Waals surface area contributed by atoms with Crippen molar-refractivity contribution in [1.29, 1.82) is 0 Å². The number of H-pyrrole nitrogens is 1. The molecule has 0 bridgehead atoms. The van der Waals surface area contributed by atoms with Gasteiger partial charge in [-0.05, 0) is 25.2 Å². The quantitative estimate of drug-likeness (QED) is 0.532. The molecule has 4 aromatic rings. The third-order valence-corrected chi connectivity index (χ3v) is 4.44. The van der Waals surface area contributed by atoms with Crippen molar-refractivity contribution in [3.63, 3.8) is 0 Å². The summed E-state index contributed by atoms with van der Waals surface area (Å²) in [6.07, 6.45) is 1.80. The van der Waals surface area contributed by atoms with Crippen LogP contribution in [0.15, 0.2) is 30.6 Å². The number of nitrogens with one attached hydrogen (secondary N) is 2. The zero-order valence-electron chi connectivity index (χ0n) is 15.7. The summed E-state index contributed by atoms with van der Waals surface area (Å²) in [7, 11) is 5.89. The Kier molecular flexibility index (Phi) is 4.06. The molecule has 27 heavy (non-hydrogen) atoms. The lowest BCUT2D eigenvalue weighted by Gasteiger charge is -2.12. The molecule has 0 spiro atoms. The number of carbonyl (C=O) groups excluding carboxylic acids is 1. The number of aromatic amines is 1. The minimum absolute atomic E-state index is 0.0770. The highest BCUT2D eigenvalue weighted by atomic mass is 16.1. The van der Waals surface area contributed by atoms with Crippen molar-refractivity contribution in [2.75, 3.05) is 11.9 Å². The summed E-state index contributed by atoms with van der Waals surface area (Å²) in [5.41, 5.74) is 5.17. The predicted molar refractivity (Wildman–Crippen MR) is 108 cm³/mol. The van der Waals surface area contributed by atoms with Crippen LogP contribution in [0.4, 0.5) is 5.82 Å². The molecule has 0 atom stereocenters. The molecule has 0 radical (unpaired) electrons. The minimum Gasteiger partial charge on any atom is -0.408 e. The molecular formula is C18H20BN7O. The van der Waals surface area contributed by atoms with Crippen molar-refractivity contribution in [1.82, 2.24) is 29.8 Å². The number of aryl methyl sites for hydroxylation is 1. The fourth-order valence-electron chi connectivity index (χ4n) is 3.18. The zero-order valence-corrected chi connectivity index (χ0v) is 15.7. The molecule has 136 valence electrons. The summed E-state index contributed by atoms with van der Waals surface area (Å²) >= 11 is 0. The van der Waals surface area contributed by atoms with Crippen molar-refractivity contribution in [3.05, 3.63) is 36.3 Å². The number of carbonyl (C=O) groups is 1. The van der Waals surface area contributed by atoms with E-state index in [1.165, 1.54) is 6.92 Å². The lowest BCUT2D eigenvalue weighted by atomic mass is 10.2. The SMILES string of the molecule is BN(C)c1nc2[nH]c(-c3cccc(CNC(C)=O)n3)cc2c2c1ncn2C. The number of imidazole rings is 1. The minimum atomic E-state index is -0.0770. The molecular weight excluding hydrogens is 341 g/mol. The van der Waals surface area contributed by atoms with E-state index < -0.39 is 0 Å². The number of hydrogen-bond acceptors (Lipinski definition) is 5. The van der Waals surface area contributed by atoms with Crippen LogP contribution in [0, 0.1) is 0 Å². The molecule has 0 aliphatic heterocycles. The Hall–Kier alpha value is -3.36. The molecule has 4 rings (SSSR count). The molecule has 0 aromatic carbocycles. The largest absolute Gasteiger partial charge is 0.408 e. The Balaban J connectivity index is 1.85. The van der Waals surface area contributed by atoms with E-state index in [9.17, 15) is 4.79 Å². The van der Waals surface area contributed by atoms with E-state index in [0.717, 1.165) is 45.0 Å². The first kappa shape index (κ1) is 17.1. The smallest absolute Gasteiger partial charge is 0.219 e. The first-order valence-electron chi connectivity index (χ1n) is 8.66. The van der Waals surface area contributed by atoms with Crippen LogP contribution in [-0.4, -0.2) is 45.4 Å². The summed E-state index contributed by atoms with van der Waals surface area (Å²) in [4.78, 5) is 30.4. The van der Waals surface area contributed by atoms with Gasteiger partial charge in [0.2, 0.25) is 13.9 Å². The average Bonchev–Trinajstić information content (AvgIpc) is 3.23. The van der Waals surface area contributed by atoms with Gasteiger partial charge in [0.1, 0.15) is 17.0 Å². The topological polar surface area (TPSA) is 91.7 Å². The molecule has 0 aliphatic carbocycles. The zero-order chi connectivity index (χ0) is 19.1. The maximum atomic E-state index is 11.1. The summed E-state index contributed by atoms with van der Waals surface area (Å²) in [5, 5.41) is 3.77. The van der Waals surface area contributed by atoms with Crippen LogP contribution in [0.1, 0.15) is 12.6 Å². The van der Waals surface area contributed by atoms with Crippen LogP contribution in [0.3, 0.4) is 0 Å². The Morgan fingerprint density at radius 2 is 2.19 bits per heavy atom. The predicted octanol–water partition coefficient (Wildman–Crippen LogP) is 1.13. The second-order valence-corrected chi connectivity index (χ2v) is 6.75. The highest BCUT2D eigenvalue weighted by molar-refractivity contribution is 6.20. The maximum Gasteiger partial charge on any atom is 0.219 e. The Morgan fingerprint density at radius 1 is 1.37 bits per heavy atom. The van der Waals surface area contributed by atoms with Crippen molar-refractivity contribution in [3.8, 4) is 11.4 Å². The first-order chi connectivity index (χ1) is 12.9. The van der Waals surface area contributed by atoms with Crippen LogP contribution in [-0.2, 0) is 18.4 Å². The Morgan fingerprint density at radius 3 is 2.93 bits per heavy atom. The number of rotatable bonds is 4. The van der Waals surface area contributed by atoms with Gasteiger partial charge in [0, 0.05) is 19.4 Å². The monoisotopic (exact) mass is 361 g/mol. The Bertz CT molecular complexity index is 1160. The third-order valence-electron chi connectivity index (χ3n) is 4.44. The van der Waals surface area contributed by atoms with Gasteiger partial charge in [-0.3, -0.25) is 4.79 Å². The van der Waals surface area contributed by atoms with E-state index in [1.54, 1.807) is 6.33 Å². The fourth-order valence-corrected chi connectivity index (χ4v) is 3.18. The molecule has 0 fully saturated rings. The number of amides is 1. The molecule has 8 nitrogen and oxygen atoms in total. The maximum absolute atomic E-state index is 11.1. The summed E-state index contributed by atoms with van der Waals surface area (Å²) in [6.45, 7) is 1.90. The van der Waals surface area contributed by atoms with Crippen molar-refractivity contribution in [2.45, 2.75) is 13.5 Å². The average molecular weight is 361 g/mol. The summed E-state index contributed by atoms with van der Waals surface area (Å²) in [5.74, 6) is 0.741. The van der Waals surface area contributed by atoms with E-state index in [2.05, 4.69) is 26.3 Å². The second-order valence-electron chi connectivity index (χ2n) is 6.75. The van der Waals surface area contributed by atoms with Crippen LogP contribution in [0.25, 0.3) is 33.5 Å². The van der Waals surface area contributed by atoms with Gasteiger partial charge in [-0.2, -0.15) is 0 Å². The van der Waals surface area contributed by atoms with E-state index in [4.69, 9.17) is 4.98 Å². The second kappa shape index (κ2) is 6.42. The number of pyridine rings is 2. The van der Waals surface area contributed by atoms with Gasteiger partial charge >= 0.3 is 0 Å². The van der Waals surface area contributed by atoms with Crippen LogP contribution < -0.4 is 10.1 Å². The van der Waals surface area contributed by atoms with E-state index in [0.29, 0.717) is 6.54 Å². The standard InChI is InChI=1S/C18H20BN7O/c1-10(27)20-8-11-5-4-6-13(22-11)14-7-12-16-15(21-9-25(16)2)18(26(3)19)24-17(12)23-14/h4-7,9H,8,19H2,1-3H3,(H,20,27)(H,23,24). The van der Waals surface area contributed by atoms with E-state index in [1.807, 2.05) is 49.7 Å². The van der Waals surface area contributed by atoms with Crippen LogP contribution in [0.5, 0.6) is 0 Å². The molecule has 4 aromatic heterocycles. The van der Waals surface area contributed by atoms with Crippen molar-refractivity contribution >= 4 is 41.8 Å². The highest BCUT2D eigenvalue weighted by Gasteiger charge is 2.17. The first-order valence-corrected chi connectivity index (χ1v) is 8.66. The number of fused-ring (bicyclic) bond motifs is 3. The molecule has 9 heteroatoms. The molecule has 2 N–H and O–H groups in total. The van der Waals surface area contributed by atoms with Gasteiger partial charge in [0.25, 0.3) is 0 Å². The van der Waals surface area contributed by atoms with Gasteiger partial charge in [0.15, 0.2) is 0 Å². The highest BCUT2D eigenvalue weighted by Crippen LogP contribution is 2.32. The number of nitrogens with zero attached hydrogens (tertiary/aromatic N) is 5.